The average Bonchev–Trinajstić information content (AvgIpc) is 2.15. The Morgan fingerprint density at radius 3 is 2.08 bits per heavy atom. The molecule has 0 amide bonds. The lowest BCUT2D eigenvalue weighted by Gasteiger charge is -2.25. The maximum atomic E-state index is 11.5. The van der Waals surface area contributed by atoms with Gasteiger partial charge in [-0.05, 0) is 24.3 Å². The highest BCUT2D eigenvalue weighted by Gasteiger charge is 2.38. The number of hydrogen-bond donors (Lipinski definition) is 1. The minimum absolute atomic E-state index is 0.00470. The number of rotatable bonds is 0. The molecule has 0 saturated carbocycles. The van der Waals surface area contributed by atoms with Crippen molar-refractivity contribution in [3.8, 4) is 0 Å². The summed E-state index contributed by atoms with van der Waals surface area (Å²) in [6.07, 6.45) is 0.716. The molecule has 1 rings (SSSR count). The topological polar surface area (TPSA) is 37.3 Å². The van der Waals surface area contributed by atoms with Gasteiger partial charge in [0.2, 0.25) is 5.78 Å². The van der Waals surface area contributed by atoms with Crippen molar-refractivity contribution in [2.75, 3.05) is 0 Å². The first kappa shape index (κ1) is 9.30. The highest BCUT2D eigenvalue weighted by atomic mass is 16.3. The molecule has 12 heavy (non-hydrogen) atoms. The normalized spacial score (nSPS) is 25.3. The van der Waals surface area contributed by atoms with E-state index >= 15 is 0 Å². The van der Waals surface area contributed by atoms with Gasteiger partial charge in [-0.2, -0.15) is 0 Å². The number of allylic oxidation sites excluding steroid dienone is 2. The van der Waals surface area contributed by atoms with E-state index in [2.05, 4.69) is 0 Å². The van der Waals surface area contributed by atoms with E-state index in [0.717, 1.165) is 5.57 Å². The number of carbonyl (C=O) groups excluding carboxylic acids is 1. The van der Waals surface area contributed by atoms with Crippen LogP contribution in [0.3, 0.4) is 0 Å². The molecule has 0 fully saturated rings. The Morgan fingerprint density at radius 2 is 1.92 bits per heavy atom. The van der Waals surface area contributed by atoms with Crippen LogP contribution in [0, 0.1) is 11.3 Å². The van der Waals surface area contributed by atoms with Crippen LogP contribution in [-0.4, -0.2) is 10.9 Å². The van der Waals surface area contributed by atoms with E-state index in [1.807, 2.05) is 27.7 Å². The van der Waals surface area contributed by atoms with E-state index in [1.165, 1.54) is 0 Å². The molecule has 0 aromatic heterocycles. The molecule has 0 aliphatic heterocycles. The first-order valence-corrected chi connectivity index (χ1v) is 4.27. The van der Waals surface area contributed by atoms with E-state index < -0.39 is 0 Å². The first-order valence-electron chi connectivity index (χ1n) is 4.27. The Bertz CT molecular complexity index is 243. The SMILES string of the molecule is CC1=C(O)C(=O)C(C(C)(C)C)C1. The van der Waals surface area contributed by atoms with Gasteiger partial charge < -0.3 is 5.11 Å². The van der Waals surface area contributed by atoms with Gasteiger partial charge in [-0.3, -0.25) is 4.79 Å². The van der Waals surface area contributed by atoms with Crippen molar-refractivity contribution < 1.29 is 9.90 Å². The number of hydrogen-bond acceptors (Lipinski definition) is 2. The molecule has 1 aliphatic rings. The second-order valence-corrected chi connectivity index (χ2v) is 4.62. The molecule has 68 valence electrons. The molecule has 2 nitrogen and oxygen atoms in total. The van der Waals surface area contributed by atoms with Gasteiger partial charge in [0.25, 0.3) is 0 Å². The first-order chi connectivity index (χ1) is 5.34. The van der Waals surface area contributed by atoms with Gasteiger partial charge in [0.15, 0.2) is 5.76 Å². The minimum atomic E-state index is -0.0833. The molecule has 0 radical (unpaired) electrons. The predicted molar refractivity (Wildman–Crippen MR) is 47.9 cm³/mol. The second kappa shape index (κ2) is 2.61. The second-order valence-electron chi connectivity index (χ2n) is 4.62. The summed E-state index contributed by atoms with van der Waals surface area (Å²) in [7, 11) is 0. The molecule has 1 unspecified atom stereocenters. The monoisotopic (exact) mass is 168 g/mol. The molecule has 1 N–H and O–H groups in total. The number of Topliss-reactive ketones (excluding diaryl/α,β-unsaturated/α-hetero) is 1. The summed E-state index contributed by atoms with van der Waals surface area (Å²) in [5.74, 6) is -0.118. The molecule has 0 bridgehead atoms. The third kappa shape index (κ3) is 1.38. The van der Waals surface area contributed by atoms with Gasteiger partial charge in [-0.15, -0.1) is 0 Å². The van der Waals surface area contributed by atoms with E-state index in [1.54, 1.807) is 0 Å². The van der Waals surface area contributed by atoms with E-state index in [0.29, 0.717) is 6.42 Å². The molecule has 0 heterocycles. The number of ketones is 1. The molecular weight excluding hydrogens is 152 g/mol. The molecule has 1 aliphatic carbocycles. The third-order valence-corrected chi connectivity index (χ3v) is 2.51. The summed E-state index contributed by atoms with van der Waals surface area (Å²) in [5.41, 5.74) is 0.794. The van der Waals surface area contributed by atoms with Crippen molar-refractivity contribution in [2.24, 2.45) is 11.3 Å². The Kier molecular flexibility index (Phi) is 2.02. The summed E-state index contributed by atoms with van der Waals surface area (Å²) in [6.45, 7) is 7.91. The van der Waals surface area contributed by atoms with Crippen LogP contribution >= 0.6 is 0 Å². The number of aliphatic hydroxyl groups excluding tert-OH is 1. The van der Waals surface area contributed by atoms with Crippen LogP contribution in [0.2, 0.25) is 0 Å². The average molecular weight is 168 g/mol. The quantitative estimate of drug-likeness (QED) is 0.603. The summed E-state index contributed by atoms with van der Waals surface area (Å²) in [4.78, 5) is 11.5. The fourth-order valence-corrected chi connectivity index (χ4v) is 1.57. The lowest BCUT2D eigenvalue weighted by molar-refractivity contribution is -0.123. The number of carbonyl (C=O) groups is 1. The highest BCUT2D eigenvalue weighted by molar-refractivity contribution is 5.98. The van der Waals surface area contributed by atoms with Crippen LogP contribution in [-0.2, 0) is 4.79 Å². The largest absolute Gasteiger partial charge is 0.504 e. The Balaban J connectivity index is 2.88. The summed E-state index contributed by atoms with van der Waals surface area (Å²) < 4.78 is 0. The standard InChI is InChI=1S/C10H16O2/c1-6-5-7(10(2,3)4)9(12)8(6)11/h7,11H,5H2,1-4H3. The third-order valence-electron chi connectivity index (χ3n) is 2.51. The Hall–Kier alpha value is -0.790. The zero-order chi connectivity index (χ0) is 9.52. The van der Waals surface area contributed by atoms with Gasteiger partial charge in [0.1, 0.15) is 0 Å². The fraction of sp³-hybridized carbons (Fsp3) is 0.700. The van der Waals surface area contributed by atoms with Crippen LogP contribution in [0.4, 0.5) is 0 Å². The Labute approximate surface area is 73.3 Å². The lowest BCUT2D eigenvalue weighted by atomic mass is 9.78. The van der Waals surface area contributed by atoms with Crippen molar-refractivity contribution in [1.82, 2.24) is 0 Å². The van der Waals surface area contributed by atoms with Crippen molar-refractivity contribution in [3.05, 3.63) is 11.3 Å². The Morgan fingerprint density at radius 1 is 1.42 bits per heavy atom. The summed E-state index contributed by atoms with van der Waals surface area (Å²) in [5, 5.41) is 9.33. The zero-order valence-corrected chi connectivity index (χ0v) is 8.14. The van der Waals surface area contributed by atoms with Crippen LogP contribution in [0.25, 0.3) is 0 Å². The number of aliphatic hydroxyl groups is 1. The van der Waals surface area contributed by atoms with Crippen LogP contribution < -0.4 is 0 Å². The maximum absolute atomic E-state index is 11.5. The van der Waals surface area contributed by atoms with Gasteiger partial charge in [0, 0.05) is 5.92 Å². The van der Waals surface area contributed by atoms with E-state index in [4.69, 9.17) is 0 Å². The van der Waals surface area contributed by atoms with Crippen molar-refractivity contribution in [3.63, 3.8) is 0 Å². The fourth-order valence-electron chi connectivity index (χ4n) is 1.57. The molecule has 0 spiro atoms. The van der Waals surface area contributed by atoms with Crippen LogP contribution in [0.15, 0.2) is 11.3 Å². The van der Waals surface area contributed by atoms with Gasteiger partial charge in [-0.1, -0.05) is 20.8 Å². The lowest BCUT2D eigenvalue weighted by Crippen LogP contribution is -2.25. The van der Waals surface area contributed by atoms with E-state index in [-0.39, 0.29) is 22.9 Å². The molecular formula is C10H16O2. The van der Waals surface area contributed by atoms with Crippen molar-refractivity contribution in [1.29, 1.82) is 0 Å². The van der Waals surface area contributed by atoms with E-state index in [9.17, 15) is 9.90 Å². The zero-order valence-electron chi connectivity index (χ0n) is 8.14. The highest BCUT2D eigenvalue weighted by Crippen LogP contribution is 2.38. The molecule has 0 aromatic carbocycles. The maximum Gasteiger partial charge on any atom is 0.200 e. The summed E-state index contributed by atoms with van der Waals surface area (Å²) in [6, 6.07) is 0. The molecule has 1 atom stereocenters. The molecule has 0 aromatic rings. The van der Waals surface area contributed by atoms with Crippen molar-refractivity contribution in [2.45, 2.75) is 34.1 Å². The van der Waals surface area contributed by atoms with Gasteiger partial charge in [-0.25, -0.2) is 0 Å². The van der Waals surface area contributed by atoms with Gasteiger partial charge in [0.05, 0.1) is 0 Å². The molecule has 0 saturated heterocycles. The van der Waals surface area contributed by atoms with Gasteiger partial charge >= 0.3 is 0 Å². The molecule has 2 heteroatoms. The van der Waals surface area contributed by atoms with Crippen LogP contribution in [0.1, 0.15) is 34.1 Å². The smallest absolute Gasteiger partial charge is 0.200 e. The van der Waals surface area contributed by atoms with Crippen LogP contribution in [0.5, 0.6) is 0 Å². The predicted octanol–water partition coefficient (Wildman–Crippen LogP) is 2.45. The summed E-state index contributed by atoms with van der Waals surface area (Å²) >= 11 is 0. The van der Waals surface area contributed by atoms with Crippen molar-refractivity contribution >= 4 is 5.78 Å². The minimum Gasteiger partial charge on any atom is -0.504 e.